The zero-order valence-electron chi connectivity index (χ0n) is 18.4. The van der Waals surface area contributed by atoms with Gasteiger partial charge in [-0.25, -0.2) is 0 Å². The van der Waals surface area contributed by atoms with E-state index < -0.39 is 5.54 Å². The molecular weight excluding hydrogens is 426 g/mol. The summed E-state index contributed by atoms with van der Waals surface area (Å²) in [6.45, 7) is 4.73. The molecular formula is C25H28ClN3O3. The Hall–Kier alpha value is -2.73. The fourth-order valence-electron chi connectivity index (χ4n) is 5.19. The molecule has 1 N–H and O–H groups in total. The van der Waals surface area contributed by atoms with E-state index in [2.05, 4.69) is 12.2 Å². The monoisotopic (exact) mass is 453 g/mol. The number of carbonyl (C=O) groups is 2. The lowest BCUT2D eigenvalue weighted by molar-refractivity contribution is -0.134. The molecule has 0 bridgehead atoms. The standard InChI is InChI=1S/C25H28ClN3O3/c1-16-6-3-4-9-19(16)27-24(31)25(2)15-28-20-10-11-32-22(20)13-21(28)23(30)29(25)14-17-7-5-8-18(26)12-17/h5,7-8,10-13,16,19H,3-4,6,9,14-15H2,1-2H3,(H,27,31)/t16?,19-,25?/m1/s1. The lowest BCUT2D eigenvalue weighted by Gasteiger charge is -2.45. The molecule has 2 aromatic heterocycles. The van der Waals surface area contributed by atoms with Gasteiger partial charge in [-0.1, -0.05) is 43.5 Å². The van der Waals surface area contributed by atoms with Crippen LogP contribution in [0.2, 0.25) is 5.02 Å². The predicted molar refractivity (Wildman–Crippen MR) is 123 cm³/mol. The Balaban J connectivity index is 1.53. The molecule has 7 heteroatoms. The molecule has 5 rings (SSSR count). The van der Waals surface area contributed by atoms with Gasteiger partial charge in [-0.2, -0.15) is 0 Å². The number of carbonyl (C=O) groups excluding carboxylic acids is 2. The molecule has 2 aliphatic rings. The normalized spacial score (nSPS) is 25.7. The van der Waals surface area contributed by atoms with E-state index in [4.69, 9.17) is 16.0 Å². The second-order valence-electron chi connectivity index (χ2n) is 9.42. The molecule has 1 aliphatic heterocycles. The highest BCUT2D eigenvalue weighted by molar-refractivity contribution is 6.30. The first-order chi connectivity index (χ1) is 15.4. The maximum Gasteiger partial charge on any atom is 0.271 e. The van der Waals surface area contributed by atoms with Crippen molar-refractivity contribution in [3.8, 4) is 0 Å². The summed E-state index contributed by atoms with van der Waals surface area (Å²) in [5.74, 6) is 0.138. The molecule has 6 nitrogen and oxygen atoms in total. The van der Waals surface area contributed by atoms with E-state index in [1.807, 2.05) is 35.8 Å². The third kappa shape index (κ3) is 3.51. The summed E-state index contributed by atoms with van der Waals surface area (Å²) >= 11 is 6.20. The quantitative estimate of drug-likeness (QED) is 0.604. The van der Waals surface area contributed by atoms with Gasteiger partial charge in [0.2, 0.25) is 5.91 Å². The molecule has 3 heterocycles. The van der Waals surface area contributed by atoms with Gasteiger partial charge in [0.05, 0.1) is 18.3 Å². The zero-order chi connectivity index (χ0) is 22.5. The van der Waals surface area contributed by atoms with Crippen molar-refractivity contribution in [2.24, 2.45) is 5.92 Å². The molecule has 0 radical (unpaired) electrons. The predicted octanol–water partition coefficient (Wildman–Crippen LogP) is 5.00. The van der Waals surface area contributed by atoms with Crippen molar-refractivity contribution in [1.29, 1.82) is 0 Å². The lowest BCUT2D eigenvalue weighted by atomic mass is 9.85. The van der Waals surface area contributed by atoms with Crippen LogP contribution in [0.3, 0.4) is 0 Å². The van der Waals surface area contributed by atoms with Crippen molar-refractivity contribution in [3.63, 3.8) is 0 Å². The Morgan fingerprint density at radius 3 is 2.84 bits per heavy atom. The summed E-state index contributed by atoms with van der Waals surface area (Å²) in [6.07, 6.45) is 6.03. The van der Waals surface area contributed by atoms with Crippen LogP contribution in [0.5, 0.6) is 0 Å². The molecule has 32 heavy (non-hydrogen) atoms. The van der Waals surface area contributed by atoms with Gasteiger partial charge >= 0.3 is 0 Å². The van der Waals surface area contributed by atoms with E-state index in [-0.39, 0.29) is 17.9 Å². The molecule has 3 atom stereocenters. The molecule has 1 aliphatic carbocycles. The number of fused-ring (bicyclic) bond motifs is 3. The van der Waals surface area contributed by atoms with E-state index in [1.54, 1.807) is 23.3 Å². The summed E-state index contributed by atoms with van der Waals surface area (Å²) in [6, 6.07) is 11.2. The van der Waals surface area contributed by atoms with Crippen LogP contribution in [0.25, 0.3) is 11.1 Å². The SMILES string of the molecule is CC1CCCC[C@H]1NC(=O)C1(C)Cn2c(cc3occc32)C(=O)N1Cc1cccc(Cl)c1. The Morgan fingerprint density at radius 1 is 1.25 bits per heavy atom. The largest absolute Gasteiger partial charge is 0.463 e. The lowest BCUT2D eigenvalue weighted by Crippen LogP contribution is -2.65. The minimum absolute atomic E-state index is 0.109. The molecule has 0 spiro atoms. The third-order valence-corrected chi connectivity index (χ3v) is 7.43. The van der Waals surface area contributed by atoms with Gasteiger partial charge < -0.3 is 19.2 Å². The highest BCUT2D eigenvalue weighted by Crippen LogP contribution is 2.35. The number of furan rings is 1. The van der Waals surface area contributed by atoms with Gasteiger partial charge in [0.15, 0.2) is 5.58 Å². The average Bonchev–Trinajstić information content (AvgIpc) is 3.35. The Morgan fingerprint density at radius 2 is 2.06 bits per heavy atom. The number of rotatable bonds is 4. The van der Waals surface area contributed by atoms with Gasteiger partial charge in [-0.3, -0.25) is 9.59 Å². The second kappa shape index (κ2) is 8.00. The van der Waals surface area contributed by atoms with E-state index in [9.17, 15) is 9.59 Å². The van der Waals surface area contributed by atoms with Crippen LogP contribution in [0.4, 0.5) is 0 Å². The second-order valence-corrected chi connectivity index (χ2v) is 9.86. The fourth-order valence-corrected chi connectivity index (χ4v) is 5.41. The number of aromatic nitrogens is 1. The van der Waals surface area contributed by atoms with Gasteiger partial charge in [0, 0.05) is 29.7 Å². The highest BCUT2D eigenvalue weighted by Gasteiger charge is 2.48. The maximum absolute atomic E-state index is 13.8. The number of benzene rings is 1. The van der Waals surface area contributed by atoms with Crippen molar-refractivity contribution < 1.29 is 14.0 Å². The smallest absolute Gasteiger partial charge is 0.271 e. The number of hydrogen-bond acceptors (Lipinski definition) is 3. The van der Waals surface area contributed by atoms with E-state index in [0.717, 1.165) is 30.3 Å². The molecule has 2 amide bonds. The number of hydrogen-bond donors (Lipinski definition) is 1. The minimum atomic E-state index is -1.05. The molecule has 1 saturated carbocycles. The van der Waals surface area contributed by atoms with Gasteiger partial charge in [0.25, 0.3) is 5.91 Å². The van der Waals surface area contributed by atoms with E-state index >= 15 is 0 Å². The van der Waals surface area contributed by atoms with Gasteiger partial charge in [-0.15, -0.1) is 0 Å². The minimum Gasteiger partial charge on any atom is -0.463 e. The Labute approximate surface area is 192 Å². The van der Waals surface area contributed by atoms with Crippen LogP contribution in [-0.2, 0) is 17.9 Å². The number of nitrogens with one attached hydrogen (secondary N) is 1. The number of nitrogens with zero attached hydrogens (tertiary/aromatic N) is 2. The molecule has 1 fully saturated rings. The molecule has 1 aromatic carbocycles. The van der Waals surface area contributed by atoms with E-state index in [0.29, 0.717) is 35.3 Å². The van der Waals surface area contributed by atoms with Crippen molar-refractivity contribution in [1.82, 2.24) is 14.8 Å². The summed E-state index contributed by atoms with van der Waals surface area (Å²) < 4.78 is 7.46. The molecule has 168 valence electrons. The van der Waals surface area contributed by atoms with E-state index in [1.165, 1.54) is 6.42 Å². The van der Waals surface area contributed by atoms with Gasteiger partial charge in [0.1, 0.15) is 11.2 Å². The maximum atomic E-state index is 13.8. The van der Waals surface area contributed by atoms with Crippen molar-refractivity contribution in [2.75, 3.05) is 0 Å². The van der Waals surface area contributed by atoms with Crippen LogP contribution >= 0.6 is 11.6 Å². The summed E-state index contributed by atoms with van der Waals surface area (Å²) in [5.41, 5.74) is 1.87. The van der Waals surface area contributed by atoms with Gasteiger partial charge in [-0.05, 0) is 43.4 Å². The Kier molecular flexibility index (Phi) is 5.28. The summed E-state index contributed by atoms with van der Waals surface area (Å²) in [4.78, 5) is 29.2. The number of halogens is 1. The topological polar surface area (TPSA) is 67.5 Å². The Bertz CT molecular complexity index is 1180. The zero-order valence-corrected chi connectivity index (χ0v) is 19.2. The first-order valence-electron chi connectivity index (χ1n) is 11.3. The van der Waals surface area contributed by atoms with Crippen molar-refractivity contribution >= 4 is 34.5 Å². The molecule has 2 unspecified atom stereocenters. The molecule has 0 saturated heterocycles. The van der Waals surface area contributed by atoms with Crippen molar-refractivity contribution in [2.45, 2.75) is 64.2 Å². The number of amides is 2. The third-order valence-electron chi connectivity index (χ3n) is 7.20. The molecule has 3 aromatic rings. The van der Waals surface area contributed by atoms with Crippen LogP contribution < -0.4 is 5.32 Å². The summed E-state index contributed by atoms with van der Waals surface area (Å²) in [7, 11) is 0. The first-order valence-corrected chi connectivity index (χ1v) is 11.7. The van der Waals surface area contributed by atoms with Crippen LogP contribution in [0.15, 0.2) is 47.1 Å². The fraction of sp³-hybridized carbons (Fsp3) is 0.440. The average molecular weight is 454 g/mol. The van der Waals surface area contributed by atoms with Crippen LogP contribution in [-0.4, -0.2) is 32.9 Å². The highest BCUT2D eigenvalue weighted by atomic mass is 35.5. The van der Waals surface area contributed by atoms with Crippen LogP contribution in [0.1, 0.15) is 55.6 Å². The first kappa shape index (κ1) is 21.1. The summed E-state index contributed by atoms with van der Waals surface area (Å²) in [5, 5.41) is 3.90. The van der Waals surface area contributed by atoms with Crippen LogP contribution in [0, 0.1) is 5.92 Å². The van der Waals surface area contributed by atoms with Crippen molar-refractivity contribution in [3.05, 3.63) is 58.9 Å².